The molecule has 1 aromatic rings. The van der Waals surface area contributed by atoms with Crippen LogP contribution in [-0.2, 0) is 9.53 Å². The van der Waals surface area contributed by atoms with Crippen LogP contribution in [0.5, 0.6) is 0 Å². The Bertz CT molecular complexity index is 420. The third-order valence-electron chi connectivity index (χ3n) is 2.20. The second kappa shape index (κ2) is 7.04. The van der Waals surface area contributed by atoms with Crippen molar-refractivity contribution in [3.63, 3.8) is 0 Å². The highest BCUT2D eigenvalue weighted by molar-refractivity contribution is 7.15. The molecule has 0 spiro atoms. The van der Waals surface area contributed by atoms with E-state index in [1.807, 2.05) is 0 Å². The number of carboxylic acid groups (broad SMARTS) is 1. The van der Waals surface area contributed by atoms with Crippen molar-refractivity contribution >= 4 is 22.3 Å². The topological polar surface area (TPSA) is 102 Å². The zero-order valence-electron chi connectivity index (χ0n) is 9.79. The van der Waals surface area contributed by atoms with Crippen LogP contribution in [0.4, 0.5) is 5.00 Å². The molecule has 0 aliphatic heterocycles. The highest BCUT2D eigenvalue weighted by atomic mass is 32.1. The minimum atomic E-state index is -1.05. The third kappa shape index (κ3) is 4.06. The van der Waals surface area contributed by atoms with Gasteiger partial charge in [-0.25, -0.2) is 0 Å². The zero-order valence-corrected chi connectivity index (χ0v) is 10.6. The van der Waals surface area contributed by atoms with Crippen LogP contribution in [0.15, 0.2) is 12.1 Å². The van der Waals surface area contributed by atoms with Gasteiger partial charge in [-0.05, 0) is 19.0 Å². The van der Waals surface area contributed by atoms with E-state index in [0.717, 1.165) is 11.3 Å². The fraction of sp³-hybridized carbons (Fsp3) is 0.500. The number of rotatable bonds is 8. The van der Waals surface area contributed by atoms with Crippen LogP contribution in [-0.4, -0.2) is 36.3 Å². The molecule has 0 fully saturated rings. The number of carboxylic acids is 1. The number of hydrogen-bond donors (Lipinski definition) is 2. The fourth-order valence-electron chi connectivity index (χ4n) is 1.37. The van der Waals surface area contributed by atoms with Crippen molar-refractivity contribution in [2.75, 3.05) is 20.3 Å². The number of nitro groups is 1. The molecule has 100 valence electrons. The molecule has 0 aromatic carbocycles. The predicted molar refractivity (Wildman–Crippen MR) is 65.8 cm³/mol. The maximum Gasteiger partial charge on any atom is 0.326 e. The molecule has 1 unspecified atom stereocenters. The summed E-state index contributed by atoms with van der Waals surface area (Å²) in [5.74, 6) is -1.05. The van der Waals surface area contributed by atoms with E-state index in [4.69, 9.17) is 9.84 Å². The standard InChI is InChI=1S/C10H14N2O5S/c1-17-6-2-5-11-9(10(13)14)7-3-4-8(18-7)12(15)16/h3-4,9,11H,2,5-6H2,1H3,(H,13,14). The van der Waals surface area contributed by atoms with E-state index in [1.165, 1.54) is 12.1 Å². The number of nitrogens with one attached hydrogen (secondary N) is 1. The van der Waals surface area contributed by atoms with Gasteiger partial charge in [0.25, 0.3) is 0 Å². The van der Waals surface area contributed by atoms with Crippen LogP contribution in [0, 0.1) is 10.1 Å². The Morgan fingerprint density at radius 3 is 2.89 bits per heavy atom. The lowest BCUT2D eigenvalue weighted by atomic mass is 10.2. The monoisotopic (exact) mass is 274 g/mol. The Labute approximate surface area is 108 Å². The van der Waals surface area contributed by atoms with E-state index < -0.39 is 16.9 Å². The summed E-state index contributed by atoms with van der Waals surface area (Å²) in [5, 5.41) is 22.4. The molecule has 0 radical (unpaired) electrons. The molecule has 0 aliphatic carbocycles. The minimum absolute atomic E-state index is 0.0602. The van der Waals surface area contributed by atoms with Crippen molar-refractivity contribution in [2.45, 2.75) is 12.5 Å². The van der Waals surface area contributed by atoms with Gasteiger partial charge in [0, 0.05) is 24.7 Å². The first kappa shape index (κ1) is 14.6. The average Bonchev–Trinajstić information content (AvgIpc) is 2.77. The molecule has 0 saturated heterocycles. The first-order valence-electron chi connectivity index (χ1n) is 5.25. The molecule has 0 amide bonds. The van der Waals surface area contributed by atoms with Gasteiger partial charge < -0.3 is 9.84 Å². The normalized spacial score (nSPS) is 12.3. The minimum Gasteiger partial charge on any atom is -0.480 e. The van der Waals surface area contributed by atoms with Crippen LogP contribution in [0.2, 0.25) is 0 Å². The number of carbonyl (C=O) groups is 1. The van der Waals surface area contributed by atoms with Gasteiger partial charge in [0.2, 0.25) is 0 Å². The van der Waals surface area contributed by atoms with Crippen molar-refractivity contribution in [2.24, 2.45) is 0 Å². The molecule has 0 saturated carbocycles. The molecule has 7 nitrogen and oxygen atoms in total. The molecule has 2 N–H and O–H groups in total. The van der Waals surface area contributed by atoms with Gasteiger partial charge in [-0.1, -0.05) is 11.3 Å². The number of aliphatic carboxylic acids is 1. The van der Waals surface area contributed by atoms with E-state index in [1.54, 1.807) is 7.11 Å². The number of ether oxygens (including phenoxy) is 1. The maximum absolute atomic E-state index is 11.1. The van der Waals surface area contributed by atoms with Gasteiger partial charge in [0.1, 0.15) is 6.04 Å². The first-order valence-corrected chi connectivity index (χ1v) is 6.07. The van der Waals surface area contributed by atoms with Gasteiger partial charge >= 0.3 is 11.0 Å². The molecule has 8 heteroatoms. The Hall–Kier alpha value is -1.51. The summed E-state index contributed by atoms with van der Waals surface area (Å²) in [5.41, 5.74) is 0. The first-order chi connectivity index (χ1) is 8.56. The average molecular weight is 274 g/mol. The maximum atomic E-state index is 11.1. The molecule has 0 aliphatic rings. The molecule has 1 rings (SSSR count). The van der Waals surface area contributed by atoms with Crippen LogP contribution in [0.25, 0.3) is 0 Å². The number of methoxy groups -OCH3 is 1. The molecule has 1 heterocycles. The third-order valence-corrected chi connectivity index (χ3v) is 3.30. The largest absolute Gasteiger partial charge is 0.480 e. The molecule has 0 bridgehead atoms. The van der Waals surface area contributed by atoms with E-state index in [2.05, 4.69) is 5.32 Å². The van der Waals surface area contributed by atoms with Gasteiger partial charge in [0.15, 0.2) is 0 Å². The summed E-state index contributed by atoms with van der Waals surface area (Å²) < 4.78 is 4.85. The summed E-state index contributed by atoms with van der Waals surface area (Å²) >= 11 is 0.868. The molecule has 18 heavy (non-hydrogen) atoms. The van der Waals surface area contributed by atoms with Crippen molar-refractivity contribution in [1.29, 1.82) is 0 Å². The lowest BCUT2D eigenvalue weighted by Gasteiger charge is -2.12. The van der Waals surface area contributed by atoms with Crippen molar-refractivity contribution in [3.8, 4) is 0 Å². The summed E-state index contributed by atoms with van der Waals surface area (Å²) in [6.45, 7) is 1.00. The van der Waals surface area contributed by atoms with Crippen LogP contribution in [0.3, 0.4) is 0 Å². The quantitative estimate of drug-likeness (QED) is 0.422. The highest BCUT2D eigenvalue weighted by Gasteiger charge is 2.23. The summed E-state index contributed by atoms with van der Waals surface area (Å²) in [7, 11) is 1.57. The number of nitrogens with zero attached hydrogens (tertiary/aromatic N) is 1. The smallest absolute Gasteiger partial charge is 0.326 e. The summed E-state index contributed by atoms with van der Waals surface area (Å²) in [6.07, 6.45) is 0.674. The molecule has 1 aromatic heterocycles. The van der Waals surface area contributed by atoms with E-state index in [0.29, 0.717) is 24.4 Å². The van der Waals surface area contributed by atoms with Crippen molar-refractivity contribution in [3.05, 3.63) is 27.1 Å². The lowest BCUT2D eigenvalue weighted by Crippen LogP contribution is -2.29. The number of thiophene rings is 1. The van der Waals surface area contributed by atoms with E-state index >= 15 is 0 Å². The Morgan fingerprint density at radius 2 is 2.39 bits per heavy atom. The van der Waals surface area contributed by atoms with Crippen molar-refractivity contribution < 1.29 is 19.6 Å². The zero-order chi connectivity index (χ0) is 13.5. The van der Waals surface area contributed by atoms with Gasteiger partial charge in [-0.2, -0.15) is 0 Å². The van der Waals surface area contributed by atoms with Crippen LogP contribution in [0.1, 0.15) is 17.3 Å². The highest BCUT2D eigenvalue weighted by Crippen LogP contribution is 2.28. The predicted octanol–water partition coefficient (Wildman–Crippen LogP) is 1.41. The van der Waals surface area contributed by atoms with E-state index in [-0.39, 0.29) is 5.00 Å². The SMILES string of the molecule is COCCCNC(C(=O)O)c1ccc([N+](=O)[O-])s1. The van der Waals surface area contributed by atoms with Gasteiger partial charge in [0.05, 0.1) is 4.92 Å². The summed E-state index contributed by atoms with van der Waals surface area (Å²) in [4.78, 5) is 21.5. The second-order valence-electron chi connectivity index (χ2n) is 3.50. The second-order valence-corrected chi connectivity index (χ2v) is 4.60. The van der Waals surface area contributed by atoms with Crippen LogP contribution >= 0.6 is 11.3 Å². The fourth-order valence-corrected chi connectivity index (χ4v) is 2.26. The van der Waals surface area contributed by atoms with E-state index in [9.17, 15) is 14.9 Å². The summed E-state index contributed by atoms with van der Waals surface area (Å²) in [6, 6.07) is 1.86. The van der Waals surface area contributed by atoms with Gasteiger partial charge in [-0.15, -0.1) is 0 Å². The van der Waals surface area contributed by atoms with Gasteiger partial charge in [-0.3, -0.25) is 20.2 Å². The lowest BCUT2D eigenvalue weighted by molar-refractivity contribution is -0.380. The molecule has 1 atom stereocenters. The van der Waals surface area contributed by atoms with Crippen LogP contribution < -0.4 is 5.32 Å². The van der Waals surface area contributed by atoms with Crippen molar-refractivity contribution in [1.82, 2.24) is 5.32 Å². The Kier molecular flexibility index (Phi) is 5.69. The number of hydrogen-bond acceptors (Lipinski definition) is 6. The Morgan fingerprint density at radius 1 is 1.67 bits per heavy atom. The molecular weight excluding hydrogens is 260 g/mol. The Balaban J connectivity index is 2.65. The molecular formula is C10H14N2O5S.